The summed E-state index contributed by atoms with van der Waals surface area (Å²) in [5, 5.41) is 6.09. The molecule has 0 fully saturated rings. The lowest BCUT2D eigenvalue weighted by Gasteiger charge is -2.21. The highest BCUT2D eigenvalue weighted by atomic mass is 16.6. The van der Waals surface area contributed by atoms with E-state index in [1.54, 1.807) is 7.11 Å². The van der Waals surface area contributed by atoms with E-state index in [0.717, 1.165) is 11.3 Å². The zero-order valence-corrected chi connectivity index (χ0v) is 13.5. The number of carbonyl (C=O) groups excluding carboxylic acids is 1. The minimum Gasteiger partial charge on any atom is -0.497 e. The van der Waals surface area contributed by atoms with Crippen LogP contribution in [0.4, 0.5) is 4.79 Å². The number of methoxy groups -OCH3 is 1. The summed E-state index contributed by atoms with van der Waals surface area (Å²) in [6.45, 7) is 8.77. The Labute approximate surface area is 127 Å². The highest BCUT2D eigenvalue weighted by Gasteiger charge is 2.16. The molecule has 118 valence electrons. The molecule has 0 radical (unpaired) electrons. The van der Waals surface area contributed by atoms with Crippen LogP contribution in [0.3, 0.4) is 0 Å². The molecule has 0 bridgehead atoms. The third kappa shape index (κ3) is 7.56. The van der Waals surface area contributed by atoms with Gasteiger partial charge in [0.05, 0.1) is 7.11 Å². The number of hydrogen-bond acceptors (Lipinski definition) is 4. The highest BCUT2D eigenvalue weighted by Crippen LogP contribution is 2.12. The molecule has 1 aromatic rings. The summed E-state index contributed by atoms with van der Waals surface area (Å²) in [5.74, 6) is 0.842. The Balaban J connectivity index is 2.30. The van der Waals surface area contributed by atoms with E-state index in [4.69, 9.17) is 9.47 Å². The molecule has 0 aliphatic heterocycles. The number of benzene rings is 1. The van der Waals surface area contributed by atoms with Crippen molar-refractivity contribution in [3.05, 3.63) is 29.8 Å². The van der Waals surface area contributed by atoms with Crippen molar-refractivity contribution in [3.8, 4) is 5.75 Å². The van der Waals surface area contributed by atoms with Crippen molar-refractivity contribution < 1.29 is 14.3 Å². The van der Waals surface area contributed by atoms with Gasteiger partial charge in [0.1, 0.15) is 11.4 Å². The first-order valence-electron chi connectivity index (χ1n) is 7.13. The number of hydrogen-bond donors (Lipinski definition) is 2. The van der Waals surface area contributed by atoms with E-state index in [1.165, 1.54) is 0 Å². The van der Waals surface area contributed by atoms with E-state index in [9.17, 15) is 4.79 Å². The van der Waals surface area contributed by atoms with Crippen LogP contribution in [0.5, 0.6) is 5.75 Å². The van der Waals surface area contributed by atoms with Crippen LogP contribution in [0, 0.1) is 0 Å². The smallest absolute Gasteiger partial charge is 0.407 e. The zero-order valence-electron chi connectivity index (χ0n) is 13.5. The number of carbonyl (C=O) groups is 1. The first-order valence-corrected chi connectivity index (χ1v) is 7.13. The Morgan fingerprint density at radius 2 is 2.05 bits per heavy atom. The summed E-state index contributed by atoms with van der Waals surface area (Å²) in [4.78, 5) is 11.5. The summed E-state index contributed by atoms with van der Waals surface area (Å²) in [7, 11) is 1.65. The summed E-state index contributed by atoms with van der Waals surface area (Å²) in [5.41, 5.74) is 0.667. The van der Waals surface area contributed by atoms with Gasteiger partial charge in [-0.2, -0.15) is 0 Å². The van der Waals surface area contributed by atoms with E-state index in [-0.39, 0.29) is 6.04 Å². The predicted octanol–water partition coefficient (Wildman–Crippen LogP) is 2.70. The lowest BCUT2D eigenvalue weighted by Crippen LogP contribution is -2.40. The van der Waals surface area contributed by atoms with Crippen molar-refractivity contribution in [1.29, 1.82) is 0 Å². The fraction of sp³-hybridized carbons (Fsp3) is 0.562. The molecule has 1 amide bonds. The second-order valence-corrected chi connectivity index (χ2v) is 6.02. The third-order valence-corrected chi connectivity index (χ3v) is 2.74. The van der Waals surface area contributed by atoms with E-state index >= 15 is 0 Å². The van der Waals surface area contributed by atoms with Crippen LogP contribution in [0.1, 0.15) is 33.3 Å². The fourth-order valence-electron chi connectivity index (χ4n) is 1.70. The summed E-state index contributed by atoms with van der Waals surface area (Å²) in [6.07, 6.45) is -0.391. The molecular weight excluding hydrogens is 268 g/mol. The van der Waals surface area contributed by atoms with Gasteiger partial charge in [-0.3, -0.25) is 0 Å². The minimum absolute atomic E-state index is 0.142. The fourth-order valence-corrected chi connectivity index (χ4v) is 1.70. The monoisotopic (exact) mass is 294 g/mol. The van der Waals surface area contributed by atoms with Crippen LogP contribution in [0.2, 0.25) is 0 Å². The standard InChI is InChI=1S/C16H26N2O3/c1-12(10-18-15(19)21-16(2,3)4)17-11-13-7-6-8-14(9-13)20-5/h6-9,12,17H,10-11H2,1-5H3,(H,18,19). The van der Waals surface area contributed by atoms with E-state index in [1.807, 2.05) is 52.0 Å². The quantitative estimate of drug-likeness (QED) is 0.847. The molecule has 2 N–H and O–H groups in total. The summed E-state index contributed by atoms with van der Waals surface area (Å²) < 4.78 is 10.4. The normalized spacial score (nSPS) is 12.6. The Morgan fingerprint density at radius 1 is 1.33 bits per heavy atom. The Hall–Kier alpha value is -1.75. The van der Waals surface area contributed by atoms with Crippen LogP contribution in [-0.4, -0.2) is 31.4 Å². The lowest BCUT2D eigenvalue weighted by atomic mass is 10.2. The minimum atomic E-state index is -0.471. The first-order chi connectivity index (χ1) is 9.80. The molecule has 5 nitrogen and oxygen atoms in total. The molecule has 21 heavy (non-hydrogen) atoms. The number of rotatable bonds is 6. The molecule has 0 aliphatic rings. The van der Waals surface area contributed by atoms with Crippen molar-refractivity contribution in [2.24, 2.45) is 0 Å². The largest absolute Gasteiger partial charge is 0.497 e. The molecule has 1 atom stereocenters. The Kier molecular flexibility index (Phi) is 6.49. The molecule has 1 unspecified atom stereocenters. The van der Waals surface area contributed by atoms with Gasteiger partial charge in [-0.1, -0.05) is 12.1 Å². The van der Waals surface area contributed by atoms with Crippen molar-refractivity contribution in [2.45, 2.75) is 45.9 Å². The number of nitrogens with one attached hydrogen (secondary N) is 2. The topological polar surface area (TPSA) is 59.6 Å². The van der Waals surface area contributed by atoms with E-state index < -0.39 is 11.7 Å². The van der Waals surface area contributed by atoms with Crippen molar-refractivity contribution >= 4 is 6.09 Å². The lowest BCUT2D eigenvalue weighted by molar-refractivity contribution is 0.0523. The van der Waals surface area contributed by atoms with Gasteiger partial charge in [-0.25, -0.2) is 4.79 Å². The summed E-state index contributed by atoms with van der Waals surface area (Å²) >= 11 is 0. The van der Waals surface area contributed by atoms with Crippen LogP contribution in [-0.2, 0) is 11.3 Å². The first kappa shape index (κ1) is 17.3. The number of alkyl carbamates (subject to hydrolysis) is 1. The van der Waals surface area contributed by atoms with Crippen LogP contribution >= 0.6 is 0 Å². The third-order valence-electron chi connectivity index (χ3n) is 2.74. The average Bonchev–Trinajstić information content (AvgIpc) is 2.41. The molecule has 0 aromatic heterocycles. The van der Waals surface area contributed by atoms with Gasteiger partial charge in [0.15, 0.2) is 0 Å². The molecule has 0 saturated heterocycles. The molecule has 0 saturated carbocycles. The molecule has 1 rings (SSSR count). The maximum absolute atomic E-state index is 11.5. The molecule has 0 spiro atoms. The van der Waals surface area contributed by atoms with E-state index in [0.29, 0.717) is 13.1 Å². The van der Waals surface area contributed by atoms with Crippen LogP contribution in [0.15, 0.2) is 24.3 Å². The van der Waals surface area contributed by atoms with Gasteiger partial charge in [0.25, 0.3) is 0 Å². The van der Waals surface area contributed by atoms with Gasteiger partial charge in [-0.05, 0) is 45.4 Å². The maximum atomic E-state index is 11.5. The summed E-state index contributed by atoms with van der Waals surface area (Å²) in [6, 6.07) is 8.03. The Morgan fingerprint density at radius 3 is 2.67 bits per heavy atom. The number of ether oxygens (including phenoxy) is 2. The zero-order chi connectivity index (χ0) is 15.9. The van der Waals surface area contributed by atoms with Gasteiger partial charge in [0, 0.05) is 19.1 Å². The Bertz CT molecular complexity index is 455. The van der Waals surface area contributed by atoms with Crippen molar-refractivity contribution in [3.63, 3.8) is 0 Å². The molecule has 5 heteroatoms. The van der Waals surface area contributed by atoms with Crippen LogP contribution < -0.4 is 15.4 Å². The molecular formula is C16H26N2O3. The van der Waals surface area contributed by atoms with Gasteiger partial charge in [-0.15, -0.1) is 0 Å². The van der Waals surface area contributed by atoms with Crippen molar-refractivity contribution in [1.82, 2.24) is 10.6 Å². The maximum Gasteiger partial charge on any atom is 0.407 e. The van der Waals surface area contributed by atoms with Crippen molar-refractivity contribution in [2.75, 3.05) is 13.7 Å². The molecule has 0 aliphatic carbocycles. The van der Waals surface area contributed by atoms with Crippen LogP contribution in [0.25, 0.3) is 0 Å². The second kappa shape index (κ2) is 7.88. The number of amides is 1. The SMILES string of the molecule is COc1cccc(CNC(C)CNC(=O)OC(C)(C)C)c1. The van der Waals surface area contributed by atoms with Gasteiger partial charge < -0.3 is 20.1 Å². The molecule has 1 aromatic carbocycles. The highest BCUT2D eigenvalue weighted by molar-refractivity contribution is 5.67. The predicted molar refractivity (Wildman–Crippen MR) is 83.5 cm³/mol. The van der Waals surface area contributed by atoms with Gasteiger partial charge >= 0.3 is 6.09 Å². The average molecular weight is 294 g/mol. The van der Waals surface area contributed by atoms with Gasteiger partial charge in [0.2, 0.25) is 0 Å². The molecule has 0 heterocycles. The second-order valence-electron chi connectivity index (χ2n) is 6.02. The van der Waals surface area contributed by atoms with E-state index in [2.05, 4.69) is 10.6 Å².